The molecule has 0 saturated heterocycles. The van der Waals surface area contributed by atoms with E-state index in [0.717, 1.165) is 35.2 Å². The molecule has 7 heteroatoms. The van der Waals surface area contributed by atoms with E-state index in [2.05, 4.69) is 53.4 Å². The Morgan fingerprint density at radius 1 is 1.28 bits per heavy atom. The van der Waals surface area contributed by atoms with E-state index in [1.165, 1.54) is 0 Å². The number of oxazole rings is 1. The molecule has 2 N–H and O–H groups in total. The highest BCUT2D eigenvalue weighted by molar-refractivity contribution is 5.79. The lowest BCUT2D eigenvalue weighted by molar-refractivity contribution is 0.379. The highest BCUT2D eigenvalue weighted by atomic mass is 16.4. The lowest BCUT2D eigenvalue weighted by Crippen LogP contribution is -2.36. The summed E-state index contributed by atoms with van der Waals surface area (Å²) in [5, 5.41) is 11.0. The average Bonchev–Trinajstić information content (AvgIpc) is 3.09. The van der Waals surface area contributed by atoms with Gasteiger partial charge in [0.15, 0.2) is 5.96 Å². The predicted molar refractivity (Wildman–Crippen MR) is 99.5 cm³/mol. The van der Waals surface area contributed by atoms with E-state index in [0.29, 0.717) is 19.0 Å². The van der Waals surface area contributed by atoms with Crippen LogP contribution in [0, 0.1) is 13.8 Å². The number of aryl methyl sites for hydroxylation is 2. The number of guanidine groups is 1. The molecule has 0 amide bonds. The van der Waals surface area contributed by atoms with Crippen LogP contribution in [0.4, 0.5) is 0 Å². The van der Waals surface area contributed by atoms with Crippen LogP contribution < -0.4 is 10.6 Å². The maximum atomic E-state index is 5.81. The van der Waals surface area contributed by atoms with Crippen LogP contribution in [-0.4, -0.2) is 27.3 Å². The summed E-state index contributed by atoms with van der Waals surface area (Å²) in [5.41, 5.74) is 3.27. The van der Waals surface area contributed by atoms with Crippen molar-refractivity contribution in [3.63, 3.8) is 0 Å². The summed E-state index contributed by atoms with van der Waals surface area (Å²) < 4.78 is 7.70. The van der Waals surface area contributed by atoms with E-state index in [4.69, 9.17) is 4.42 Å². The molecule has 2 aromatic rings. The Labute approximate surface area is 149 Å². The molecule has 0 aromatic carbocycles. The summed E-state index contributed by atoms with van der Waals surface area (Å²) in [6.45, 7) is 14.3. The van der Waals surface area contributed by atoms with E-state index >= 15 is 0 Å². The molecule has 0 aliphatic carbocycles. The molecule has 2 heterocycles. The van der Waals surface area contributed by atoms with Crippen LogP contribution in [0.1, 0.15) is 56.3 Å². The van der Waals surface area contributed by atoms with Gasteiger partial charge < -0.3 is 15.1 Å². The monoisotopic (exact) mass is 346 g/mol. The largest absolute Gasteiger partial charge is 0.443 e. The van der Waals surface area contributed by atoms with E-state index in [1.54, 1.807) is 6.20 Å². The maximum Gasteiger partial charge on any atom is 0.213 e. The third kappa shape index (κ3) is 4.84. The second-order valence-electron chi connectivity index (χ2n) is 7.19. The number of nitrogens with one attached hydrogen (secondary N) is 2. The quantitative estimate of drug-likeness (QED) is 0.642. The van der Waals surface area contributed by atoms with Gasteiger partial charge in [0.1, 0.15) is 5.76 Å². The van der Waals surface area contributed by atoms with Gasteiger partial charge in [-0.3, -0.25) is 4.68 Å². The van der Waals surface area contributed by atoms with E-state index in [1.807, 2.05) is 25.6 Å². The Bertz CT molecular complexity index is 735. The van der Waals surface area contributed by atoms with Gasteiger partial charge in [-0.05, 0) is 20.8 Å². The van der Waals surface area contributed by atoms with Crippen LogP contribution in [0.2, 0.25) is 0 Å². The average molecular weight is 346 g/mol. The van der Waals surface area contributed by atoms with Gasteiger partial charge in [-0.25, -0.2) is 9.98 Å². The number of aliphatic imine (C=N–C) groups is 1. The lowest BCUT2D eigenvalue weighted by Gasteiger charge is -2.13. The molecule has 2 aromatic heterocycles. The minimum atomic E-state index is -0.0425. The van der Waals surface area contributed by atoms with E-state index in [-0.39, 0.29) is 5.41 Å². The van der Waals surface area contributed by atoms with Gasteiger partial charge in [-0.1, -0.05) is 20.8 Å². The van der Waals surface area contributed by atoms with Gasteiger partial charge in [0.2, 0.25) is 5.89 Å². The molecule has 0 spiro atoms. The minimum Gasteiger partial charge on any atom is -0.443 e. The summed E-state index contributed by atoms with van der Waals surface area (Å²) in [5.74, 6) is 2.28. The third-order valence-corrected chi connectivity index (χ3v) is 4.10. The van der Waals surface area contributed by atoms with Crippen molar-refractivity contribution in [3.8, 4) is 0 Å². The summed E-state index contributed by atoms with van der Waals surface area (Å²) in [7, 11) is 1.95. The van der Waals surface area contributed by atoms with Crippen molar-refractivity contribution in [2.45, 2.75) is 60.0 Å². The fourth-order valence-electron chi connectivity index (χ4n) is 2.44. The highest BCUT2D eigenvalue weighted by Crippen LogP contribution is 2.22. The number of hydrogen-bond acceptors (Lipinski definition) is 4. The van der Waals surface area contributed by atoms with Crippen LogP contribution in [0.25, 0.3) is 0 Å². The van der Waals surface area contributed by atoms with Gasteiger partial charge in [-0.2, -0.15) is 5.10 Å². The summed E-state index contributed by atoms with van der Waals surface area (Å²) >= 11 is 0. The first-order chi connectivity index (χ1) is 11.7. The molecule has 7 nitrogen and oxygen atoms in total. The predicted octanol–water partition coefficient (Wildman–Crippen LogP) is 2.58. The second kappa shape index (κ2) is 7.72. The fraction of sp³-hybridized carbons (Fsp3) is 0.611. The van der Waals surface area contributed by atoms with Crippen LogP contribution in [0.5, 0.6) is 0 Å². The first-order valence-electron chi connectivity index (χ1n) is 8.68. The number of rotatable bonds is 5. The molecular formula is C18H30N6O. The molecule has 25 heavy (non-hydrogen) atoms. The molecule has 138 valence electrons. The Hall–Kier alpha value is -2.31. The second-order valence-corrected chi connectivity index (χ2v) is 7.19. The van der Waals surface area contributed by atoms with E-state index in [9.17, 15) is 0 Å². The van der Waals surface area contributed by atoms with Gasteiger partial charge in [0, 0.05) is 30.3 Å². The minimum absolute atomic E-state index is 0.0425. The zero-order valence-electron chi connectivity index (χ0n) is 16.4. The smallest absolute Gasteiger partial charge is 0.213 e. The zero-order valence-corrected chi connectivity index (χ0v) is 16.4. The molecule has 2 rings (SSSR count). The van der Waals surface area contributed by atoms with Gasteiger partial charge in [0.25, 0.3) is 0 Å². The molecule has 0 saturated carbocycles. The molecule has 0 aliphatic rings. The number of nitrogens with zero attached hydrogens (tertiary/aromatic N) is 4. The SMILES string of the molecule is CCNC(=NCc1c(C)nn(C)c1C)NCc1ncc(C(C)(C)C)o1. The summed E-state index contributed by atoms with van der Waals surface area (Å²) in [6.07, 6.45) is 1.80. The first kappa shape index (κ1) is 19.0. The standard InChI is InChI=1S/C18H30N6O/c1-8-19-17(21-9-14-12(2)23-24(7)13(14)3)22-11-16-20-10-15(25-16)18(4,5)6/h10H,8-9,11H2,1-7H3,(H2,19,21,22). The Morgan fingerprint density at radius 2 is 2.00 bits per heavy atom. The highest BCUT2D eigenvalue weighted by Gasteiger charge is 2.19. The van der Waals surface area contributed by atoms with Crippen molar-refractivity contribution in [2.24, 2.45) is 12.0 Å². The molecular weight excluding hydrogens is 316 g/mol. The van der Waals surface area contributed by atoms with Crippen LogP contribution in [-0.2, 0) is 25.6 Å². The van der Waals surface area contributed by atoms with E-state index < -0.39 is 0 Å². The number of aromatic nitrogens is 3. The normalized spacial score (nSPS) is 12.5. The van der Waals surface area contributed by atoms with Crippen molar-refractivity contribution in [2.75, 3.05) is 6.54 Å². The Balaban J connectivity index is 2.04. The van der Waals surface area contributed by atoms with Crippen molar-refractivity contribution < 1.29 is 4.42 Å². The van der Waals surface area contributed by atoms with Gasteiger partial charge >= 0.3 is 0 Å². The number of hydrogen-bond donors (Lipinski definition) is 2. The van der Waals surface area contributed by atoms with Crippen LogP contribution in [0.15, 0.2) is 15.6 Å². The zero-order chi connectivity index (χ0) is 18.6. The molecule has 0 bridgehead atoms. The van der Waals surface area contributed by atoms with Crippen molar-refractivity contribution in [3.05, 3.63) is 34.8 Å². The molecule has 0 fully saturated rings. The third-order valence-electron chi connectivity index (χ3n) is 4.10. The molecule has 0 aliphatic heterocycles. The molecule has 0 atom stereocenters. The van der Waals surface area contributed by atoms with Crippen LogP contribution >= 0.6 is 0 Å². The van der Waals surface area contributed by atoms with Gasteiger partial charge in [-0.15, -0.1) is 0 Å². The Morgan fingerprint density at radius 3 is 2.52 bits per heavy atom. The van der Waals surface area contributed by atoms with Gasteiger partial charge in [0.05, 0.1) is 25.0 Å². The summed E-state index contributed by atoms with van der Waals surface area (Å²) in [4.78, 5) is 9.00. The molecule has 0 unspecified atom stereocenters. The lowest BCUT2D eigenvalue weighted by atomic mass is 9.94. The first-order valence-corrected chi connectivity index (χ1v) is 8.68. The molecule has 0 radical (unpaired) electrons. The van der Waals surface area contributed by atoms with Crippen molar-refractivity contribution in [1.82, 2.24) is 25.4 Å². The fourth-order valence-corrected chi connectivity index (χ4v) is 2.44. The van der Waals surface area contributed by atoms with Crippen molar-refractivity contribution >= 4 is 5.96 Å². The maximum absolute atomic E-state index is 5.81. The van der Waals surface area contributed by atoms with Crippen LogP contribution in [0.3, 0.4) is 0 Å². The van der Waals surface area contributed by atoms with Crippen molar-refractivity contribution in [1.29, 1.82) is 0 Å². The topological polar surface area (TPSA) is 80.3 Å². The Kier molecular flexibility index (Phi) is 5.87. The summed E-state index contributed by atoms with van der Waals surface area (Å²) in [6, 6.07) is 0.